The summed E-state index contributed by atoms with van der Waals surface area (Å²) in [6.07, 6.45) is 1.99. The lowest BCUT2D eigenvalue weighted by molar-refractivity contribution is -0.154. The number of carbonyl (C=O) groups excluding carboxylic acids is 2. The molecule has 1 heterocycles. The van der Waals surface area contributed by atoms with Crippen LogP contribution in [0.2, 0.25) is 0 Å². The SMILES string of the molecule is CC(NC(=O)c1cc2c(F)ccc(F)c2[nH]1)C(C)NC(=O)C(F)(F)C1CCCC1. The molecule has 3 rings (SSSR count). The van der Waals surface area contributed by atoms with Crippen LogP contribution in [0.4, 0.5) is 17.6 Å². The Balaban J connectivity index is 1.64. The van der Waals surface area contributed by atoms with Crippen molar-refractivity contribution < 1.29 is 27.2 Å². The topological polar surface area (TPSA) is 74.0 Å². The minimum atomic E-state index is -3.46. The van der Waals surface area contributed by atoms with E-state index in [1.165, 1.54) is 13.0 Å². The van der Waals surface area contributed by atoms with Crippen molar-refractivity contribution in [3.05, 3.63) is 35.5 Å². The average Bonchev–Trinajstić information content (AvgIpc) is 3.35. The fourth-order valence-corrected chi connectivity index (χ4v) is 3.58. The third kappa shape index (κ3) is 4.23. The van der Waals surface area contributed by atoms with Gasteiger partial charge in [-0.1, -0.05) is 12.8 Å². The molecule has 29 heavy (non-hydrogen) atoms. The zero-order valence-electron chi connectivity index (χ0n) is 16.1. The molecular formula is C20H23F4N3O2. The summed E-state index contributed by atoms with van der Waals surface area (Å²) in [6, 6.07) is 1.59. The van der Waals surface area contributed by atoms with Crippen LogP contribution in [0, 0.1) is 17.6 Å². The van der Waals surface area contributed by atoms with Gasteiger partial charge in [-0.05, 0) is 44.9 Å². The molecule has 1 aromatic heterocycles. The van der Waals surface area contributed by atoms with Crippen molar-refractivity contribution in [2.24, 2.45) is 5.92 Å². The molecule has 2 unspecified atom stereocenters. The van der Waals surface area contributed by atoms with Gasteiger partial charge in [-0.2, -0.15) is 8.78 Å². The van der Waals surface area contributed by atoms with Crippen LogP contribution >= 0.6 is 0 Å². The Morgan fingerprint density at radius 2 is 1.66 bits per heavy atom. The van der Waals surface area contributed by atoms with Crippen LogP contribution < -0.4 is 10.6 Å². The molecule has 0 spiro atoms. The number of aromatic nitrogens is 1. The van der Waals surface area contributed by atoms with E-state index in [2.05, 4.69) is 15.6 Å². The molecule has 9 heteroatoms. The van der Waals surface area contributed by atoms with Gasteiger partial charge in [0.1, 0.15) is 17.3 Å². The van der Waals surface area contributed by atoms with E-state index in [1.54, 1.807) is 6.92 Å². The Morgan fingerprint density at radius 3 is 2.28 bits per heavy atom. The van der Waals surface area contributed by atoms with Gasteiger partial charge >= 0.3 is 5.92 Å². The number of halogens is 4. The summed E-state index contributed by atoms with van der Waals surface area (Å²) in [5.74, 6) is -7.83. The minimum absolute atomic E-state index is 0.0691. The van der Waals surface area contributed by atoms with Crippen LogP contribution in [0.3, 0.4) is 0 Å². The molecule has 3 N–H and O–H groups in total. The first kappa shape index (κ1) is 21.1. The molecule has 0 radical (unpaired) electrons. The number of benzene rings is 1. The zero-order chi connectivity index (χ0) is 21.3. The smallest absolute Gasteiger partial charge is 0.327 e. The molecule has 2 aromatic rings. The summed E-state index contributed by atoms with van der Waals surface area (Å²) >= 11 is 0. The van der Waals surface area contributed by atoms with E-state index in [0.717, 1.165) is 12.1 Å². The predicted octanol–water partition coefficient (Wildman–Crippen LogP) is 3.89. The molecule has 1 saturated carbocycles. The van der Waals surface area contributed by atoms with E-state index >= 15 is 0 Å². The Kier molecular flexibility index (Phi) is 5.86. The zero-order valence-corrected chi connectivity index (χ0v) is 16.1. The second-order valence-corrected chi connectivity index (χ2v) is 7.63. The van der Waals surface area contributed by atoms with Gasteiger partial charge in [0.15, 0.2) is 0 Å². The third-order valence-electron chi connectivity index (χ3n) is 5.57. The molecule has 0 saturated heterocycles. The van der Waals surface area contributed by atoms with Crippen LogP contribution in [0.1, 0.15) is 50.0 Å². The molecule has 1 fully saturated rings. The van der Waals surface area contributed by atoms with Gasteiger partial charge in [0, 0.05) is 23.4 Å². The molecule has 2 amide bonds. The van der Waals surface area contributed by atoms with Gasteiger partial charge < -0.3 is 15.6 Å². The van der Waals surface area contributed by atoms with E-state index in [-0.39, 0.29) is 16.6 Å². The average molecular weight is 413 g/mol. The Morgan fingerprint density at radius 1 is 1.07 bits per heavy atom. The van der Waals surface area contributed by atoms with E-state index in [0.29, 0.717) is 25.7 Å². The highest BCUT2D eigenvalue weighted by atomic mass is 19.3. The first-order chi connectivity index (χ1) is 13.6. The maximum absolute atomic E-state index is 14.3. The highest BCUT2D eigenvalue weighted by molar-refractivity contribution is 5.98. The van der Waals surface area contributed by atoms with Gasteiger partial charge in [0.05, 0.1) is 5.52 Å². The standard InChI is InChI=1S/C20H23F4N3O2/c1-10(11(2)26-19(29)20(23,24)12-5-3-4-6-12)25-18(28)16-9-13-14(21)7-8-15(22)17(13)27-16/h7-12,27H,3-6H2,1-2H3,(H,25,28)(H,26,29). The van der Waals surface area contributed by atoms with Gasteiger partial charge in [-0.25, -0.2) is 8.78 Å². The number of alkyl halides is 2. The molecule has 1 aliphatic rings. The van der Waals surface area contributed by atoms with Crippen LogP contribution in [0.5, 0.6) is 0 Å². The maximum Gasteiger partial charge on any atom is 0.327 e. The highest BCUT2D eigenvalue weighted by Crippen LogP contribution is 2.38. The summed E-state index contributed by atoms with van der Waals surface area (Å²) < 4.78 is 56.1. The molecule has 0 bridgehead atoms. The largest absolute Gasteiger partial charge is 0.348 e. The lowest BCUT2D eigenvalue weighted by Crippen LogP contribution is -2.54. The Bertz CT molecular complexity index is 883. The fraction of sp³-hybridized carbons (Fsp3) is 0.500. The van der Waals surface area contributed by atoms with Crippen LogP contribution in [0.25, 0.3) is 10.9 Å². The van der Waals surface area contributed by atoms with Crippen LogP contribution in [-0.4, -0.2) is 34.8 Å². The molecule has 2 atom stereocenters. The van der Waals surface area contributed by atoms with Crippen molar-refractivity contribution in [1.82, 2.24) is 15.6 Å². The number of nitrogens with one attached hydrogen (secondary N) is 3. The lowest BCUT2D eigenvalue weighted by atomic mass is 9.98. The number of hydrogen-bond donors (Lipinski definition) is 3. The molecule has 158 valence electrons. The number of carbonyl (C=O) groups is 2. The number of rotatable bonds is 6. The van der Waals surface area contributed by atoms with Gasteiger partial charge in [0.25, 0.3) is 11.8 Å². The quantitative estimate of drug-likeness (QED) is 0.629. The first-order valence-corrected chi connectivity index (χ1v) is 9.57. The minimum Gasteiger partial charge on any atom is -0.348 e. The second kappa shape index (κ2) is 8.04. The van der Waals surface area contributed by atoms with Gasteiger partial charge in [-0.3, -0.25) is 9.59 Å². The number of aromatic amines is 1. The summed E-state index contributed by atoms with van der Waals surface area (Å²) in [6.45, 7) is 3.04. The Hall–Kier alpha value is -2.58. The number of hydrogen-bond acceptors (Lipinski definition) is 2. The monoisotopic (exact) mass is 413 g/mol. The number of amides is 2. The summed E-state index contributed by atoms with van der Waals surface area (Å²) in [5.41, 5.74) is -0.217. The predicted molar refractivity (Wildman–Crippen MR) is 99.7 cm³/mol. The molecule has 1 aromatic carbocycles. The lowest BCUT2D eigenvalue weighted by Gasteiger charge is -2.27. The van der Waals surface area contributed by atoms with Crippen molar-refractivity contribution in [2.45, 2.75) is 57.5 Å². The van der Waals surface area contributed by atoms with Gasteiger partial charge in [0.2, 0.25) is 0 Å². The van der Waals surface area contributed by atoms with Crippen molar-refractivity contribution >= 4 is 22.7 Å². The maximum atomic E-state index is 14.3. The summed E-state index contributed by atoms with van der Waals surface area (Å²) in [7, 11) is 0. The second-order valence-electron chi connectivity index (χ2n) is 7.63. The van der Waals surface area contributed by atoms with E-state index in [9.17, 15) is 27.2 Å². The van der Waals surface area contributed by atoms with Gasteiger partial charge in [-0.15, -0.1) is 0 Å². The van der Waals surface area contributed by atoms with Crippen molar-refractivity contribution in [3.63, 3.8) is 0 Å². The molecular weight excluding hydrogens is 390 g/mol. The van der Waals surface area contributed by atoms with Crippen molar-refractivity contribution in [1.29, 1.82) is 0 Å². The summed E-state index contributed by atoms with van der Waals surface area (Å²) in [4.78, 5) is 27.0. The van der Waals surface area contributed by atoms with E-state index in [4.69, 9.17) is 0 Å². The first-order valence-electron chi connectivity index (χ1n) is 9.57. The Labute approximate surface area is 165 Å². The molecule has 1 aliphatic carbocycles. The normalized spacial score (nSPS) is 17.3. The number of H-pyrrole nitrogens is 1. The number of fused-ring (bicyclic) bond motifs is 1. The molecule has 5 nitrogen and oxygen atoms in total. The van der Waals surface area contributed by atoms with Crippen LogP contribution in [0.15, 0.2) is 18.2 Å². The highest BCUT2D eigenvalue weighted by Gasteiger charge is 2.48. The van der Waals surface area contributed by atoms with Crippen LogP contribution in [-0.2, 0) is 4.79 Å². The van der Waals surface area contributed by atoms with E-state index < -0.39 is 47.4 Å². The van der Waals surface area contributed by atoms with Crippen molar-refractivity contribution in [2.75, 3.05) is 0 Å². The fourth-order valence-electron chi connectivity index (χ4n) is 3.58. The summed E-state index contributed by atoms with van der Waals surface area (Å²) in [5, 5.41) is 4.74. The van der Waals surface area contributed by atoms with Crippen molar-refractivity contribution in [3.8, 4) is 0 Å². The van der Waals surface area contributed by atoms with E-state index in [1.807, 2.05) is 0 Å². The molecule has 0 aliphatic heterocycles. The third-order valence-corrected chi connectivity index (χ3v) is 5.57.